The highest BCUT2D eigenvalue weighted by Crippen LogP contribution is 2.43. The Hall–Kier alpha value is -4.49. The number of carbonyl (C=O) groups excluding carboxylic acids is 1. The van der Waals surface area contributed by atoms with Gasteiger partial charge in [-0.2, -0.15) is 0 Å². The Morgan fingerprint density at radius 2 is 1.54 bits per heavy atom. The van der Waals surface area contributed by atoms with Crippen LogP contribution in [0.1, 0.15) is 11.1 Å². The number of hydrogen-bond donors (Lipinski definition) is 3. The molecule has 1 heterocycles. The lowest BCUT2D eigenvalue weighted by Crippen LogP contribution is -2.06. The normalized spacial score (nSPS) is 13.7. The van der Waals surface area contributed by atoms with Crippen LogP contribution in [0.4, 0.5) is 10.1 Å². The van der Waals surface area contributed by atoms with E-state index in [1.807, 2.05) is 24.3 Å². The van der Waals surface area contributed by atoms with Gasteiger partial charge in [0, 0.05) is 22.3 Å². The van der Waals surface area contributed by atoms with Crippen LogP contribution in [-0.4, -0.2) is 30.3 Å². The van der Waals surface area contributed by atoms with Crippen molar-refractivity contribution in [3.63, 3.8) is 0 Å². The highest BCUT2D eigenvalue weighted by molar-refractivity contribution is 6.38. The van der Waals surface area contributed by atoms with Crippen LogP contribution in [0.3, 0.4) is 0 Å². The molecule has 0 unspecified atom stereocenters. The van der Waals surface area contributed by atoms with E-state index < -0.39 is 11.7 Å². The van der Waals surface area contributed by atoms with Crippen LogP contribution in [-0.2, 0) is 4.79 Å². The fraction of sp³-hybridized carbons (Fsp3) is 0.0690. The molecule has 0 radical (unpaired) electrons. The van der Waals surface area contributed by atoms with Crippen molar-refractivity contribution in [2.75, 3.05) is 19.5 Å². The van der Waals surface area contributed by atoms with E-state index in [1.165, 1.54) is 26.4 Å². The zero-order valence-corrected chi connectivity index (χ0v) is 20.6. The molecule has 0 spiro atoms. The summed E-state index contributed by atoms with van der Waals surface area (Å²) >= 11 is 6.56. The summed E-state index contributed by atoms with van der Waals surface area (Å²) < 4.78 is 24.4. The Labute approximate surface area is 217 Å². The second-order valence-electron chi connectivity index (χ2n) is 8.34. The molecule has 1 aliphatic rings. The number of hydrogen-bond acceptors (Lipinski definition) is 5. The zero-order chi connectivity index (χ0) is 26.3. The standard InChI is InChI=1S/C29H21ClFNO5/c1-36-24-11-10-17(12-22(24)31)27(33)26-20-13-19(21(30)14-23(20)32-29(26)35)16-8-6-15(7-9-16)18-4-3-5-25(37-2)28(18)34/h3-14,33-34H,1-2H3,(H,32,35)/b27-26-. The number of benzene rings is 4. The Morgan fingerprint density at radius 3 is 2.19 bits per heavy atom. The van der Waals surface area contributed by atoms with Gasteiger partial charge in [0.2, 0.25) is 0 Å². The molecular formula is C29H21ClFNO5. The van der Waals surface area contributed by atoms with Crippen LogP contribution in [0.5, 0.6) is 17.2 Å². The third-order valence-electron chi connectivity index (χ3n) is 6.24. The van der Waals surface area contributed by atoms with E-state index in [0.29, 0.717) is 33.1 Å². The average Bonchev–Trinajstić information content (AvgIpc) is 3.22. The molecule has 6 nitrogen and oxygen atoms in total. The second-order valence-corrected chi connectivity index (χ2v) is 8.75. The third-order valence-corrected chi connectivity index (χ3v) is 6.55. The number of para-hydroxylation sites is 1. The molecule has 0 bridgehead atoms. The van der Waals surface area contributed by atoms with E-state index in [-0.39, 0.29) is 28.4 Å². The summed E-state index contributed by atoms with van der Waals surface area (Å²) in [6.45, 7) is 0. The third kappa shape index (κ3) is 4.23. The number of anilines is 1. The quantitative estimate of drug-likeness (QED) is 0.198. The number of fused-ring (bicyclic) bond motifs is 1. The first-order valence-corrected chi connectivity index (χ1v) is 11.6. The van der Waals surface area contributed by atoms with Gasteiger partial charge in [-0.15, -0.1) is 0 Å². The Kier molecular flexibility index (Phi) is 6.23. The largest absolute Gasteiger partial charge is 0.506 e. The molecular weight excluding hydrogens is 497 g/mol. The van der Waals surface area contributed by atoms with Crippen LogP contribution in [0.2, 0.25) is 5.02 Å². The lowest BCUT2D eigenvalue weighted by molar-refractivity contribution is -0.110. The van der Waals surface area contributed by atoms with Gasteiger partial charge in [-0.25, -0.2) is 4.39 Å². The molecule has 1 aliphatic heterocycles. The number of halogens is 2. The molecule has 5 rings (SSSR count). The minimum atomic E-state index is -0.662. The molecule has 1 amide bonds. The molecule has 186 valence electrons. The van der Waals surface area contributed by atoms with E-state index in [9.17, 15) is 19.4 Å². The SMILES string of the molecule is COc1ccc(/C(O)=C2/C(=O)Nc3cc(Cl)c(-c4ccc(-c5cccc(OC)c5O)cc4)cc32)cc1F. The maximum absolute atomic E-state index is 14.3. The molecule has 4 aromatic carbocycles. The van der Waals surface area contributed by atoms with Gasteiger partial charge in [0.15, 0.2) is 23.1 Å². The number of aromatic hydroxyl groups is 1. The van der Waals surface area contributed by atoms with Gasteiger partial charge >= 0.3 is 0 Å². The number of carbonyl (C=O) groups is 1. The van der Waals surface area contributed by atoms with Crippen molar-refractivity contribution < 1.29 is 28.9 Å². The number of phenols is 1. The van der Waals surface area contributed by atoms with Crippen molar-refractivity contribution in [3.8, 4) is 39.5 Å². The zero-order valence-electron chi connectivity index (χ0n) is 19.8. The average molecular weight is 518 g/mol. The Morgan fingerprint density at radius 1 is 0.865 bits per heavy atom. The van der Waals surface area contributed by atoms with E-state index in [0.717, 1.165) is 17.2 Å². The predicted octanol–water partition coefficient (Wildman–Crippen LogP) is 6.91. The van der Waals surface area contributed by atoms with Gasteiger partial charge in [0.05, 0.1) is 30.5 Å². The molecule has 0 fully saturated rings. The fourth-order valence-corrected chi connectivity index (χ4v) is 4.63. The summed E-state index contributed by atoms with van der Waals surface area (Å²) in [6.07, 6.45) is 0. The first-order chi connectivity index (χ1) is 17.8. The maximum Gasteiger partial charge on any atom is 0.260 e. The molecule has 0 aromatic heterocycles. The van der Waals surface area contributed by atoms with E-state index in [4.69, 9.17) is 21.1 Å². The maximum atomic E-state index is 14.3. The van der Waals surface area contributed by atoms with E-state index >= 15 is 0 Å². The summed E-state index contributed by atoms with van der Waals surface area (Å²) in [5.74, 6) is -1.12. The molecule has 0 saturated carbocycles. The van der Waals surface area contributed by atoms with E-state index in [2.05, 4.69) is 5.32 Å². The van der Waals surface area contributed by atoms with Crippen molar-refractivity contribution in [2.24, 2.45) is 0 Å². The number of methoxy groups -OCH3 is 2. The highest BCUT2D eigenvalue weighted by Gasteiger charge is 2.30. The van der Waals surface area contributed by atoms with Gasteiger partial charge in [0.25, 0.3) is 5.91 Å². The molecule has 4 aromatic rings. The fourth-order valence-electron chi connectivity index (χ4n) is 4.35. The number of ether oxygens (including phenoxy) is 2. The minimum Gasteiger partial charge on any atom is -0.506 e. The topological polar surface area (TPSA) is 88.0 Å². The van der Waals surface area contributed by atoms with Gasteiger partial charge < -0.3 is 25.0 Å². The summed E-state index contributed by atoms with van der Waals surface area (Å²) in [7, 11) is 2.83. The van der Waals surface area contributed by atoms with Gasteiger partial charge in [-0.05, 0) is 47.5 Å². The van der Waals surface area contributed by atoms with Crippen molar-refractivity contribution in [2.45, 2.75) is 0 Å². The molecule has 0 aliphatic carbocycles. The van der Waals surface area contributed by atoms with Crippen LogP contribution < -0.4 is 14.8 Å². The van der Waals surface area contributed by atoms with Crippen LogP contribution in [0, 0.1) is 5.82 Å². The minimum absolute atomic E-state index is 0.00964. The first kappa shape index (κ1) is 24.2. The molecule has 3 N–H and O–H groups in total. The number of amides is 1. The molecule has 0 saturated heterocycles. The monoisotopic (exact) mass is 517 g/mol. The predicted molar refractivity (Wildman–Crippen MR) is 142 cm³/mol. The summed E-state index contributed by atoms with van der Waals surface area (Å²) in [6, 6.07) is 19.9. The van der Waals surface area contributed by atoms with Crippen molar-refractivity contribution >= 4 is 34.5 Å². The number of rotatable bonds is 5. The number of aliphatic hydroxyl groups excluding tert-OH is 1. The highest BCUT2D eigenvalue weighted by atomic mass is 35.5. The van der Waals surface area contributed by atoms with Crippen molar-refractivity contribution in [1.82, 2.24) is 0 Å². The lowest BCUT2D eigenvalue weighted by atomic mass is 9.95. The number of aliphatic hydroxyl groups is 1. The van der Waals surface area contributed by atoms with Gasteiger partial charge in [-0.3, -0.25) is 4.79 Å². The van der Waals surface area contributed by atoms with Gasteiger partial charge in [0.1, 0.15) is 5.76 Å². The smallest absolute Gasteiger partial charge is 0.260 e. The van der Waals surface area contributed by atoms with Crippen LogP contribution in [0.25, 0.3) is 33.6 Å². The summed E-state index contributed by atoms with van der Waals surface area (Å²) in [5.41, 5.74) is 3.79. The number of nitrogens with one attached hydrogen (secondary N) is 1. The lowest BCUT2D eigenvalue weighted by Gasteiger charge is -2.12. The van der Waals surface area contributed by atoms with Gasteiger partial charge in [-0.1, -0.05) is 48.0 Å². The number of phenolic OH excluding ortho intramolecular Hbond substituents is 1. The van der Waals surface area contributed by atoms with Crippen LogP contribution >= 0.6 is 11.6 Å². The molecule has 0 atom stereocenters. The summed E-state index contributed by atoms with van der Waals surface area (Å²) in [4.78, 5) is 12.8. The first-order valence-electron chi connectivity index (χ1n) is 11.2. The molecule has 37 heavy (non-hydrogen) atoms. The van der Waals surface area contributed by atoms with E-state index in [1.54, 1.807) is 30.3 Å². The van der Waals surface area contributed by atoms with Crippen LogP contribution in [0.15, 0.2) is 72.8 Å². The molecule has 8 heteroatoms. The van der Waals surface area contributed by atoms with Crippen molar-refractivity contribution in [3.05, 3.63) is 94.8 Å². The summed E-state index contributed by atoms with van der Waals surface area (Å²) in [5, 5.41) is 24.5. The Bertz CT molecular complexity index is 1580. The Balaban J connectivity index is 1.56. The second kappa shape index (κ2) is 9.52. The van der Waals surface area contributed by atoms with Crippen molar-refractivity contribution in [1.29, 1.82) is 0 Å².